The van der Waals surface area contributed by atoms with Gasteiger partial charge < -0.3 is 20.1 Å². The van der Waals surface area contributed by atoms with Crippen molar-refractivity contribution >= 4 is 34.0 Å². The second-order valence-electron chi connectivity index (χ2n) is 11.5. The molecule has 2 N–H and O–H groups in total. The molecule has 8 nitrogen and oxygen atoms in total. The van der Waals surface area contributed by atoms with E-state index in [0.29, 0.717) is 19.4 Å². The topological polar surface area (TPSA) is 89.6 Å². The van der Waals surface area contributed by atoms with Gasteiger partial charge in [-0.25, -0.2) is 13.8 Å². The van der Waals surface area contributed by atoms with Crippen molar-refractivity contribution in [2.24, 2.45) is 0 Å². The SMILES string of the molecule is C[C@@H]1C[C@H](C)Oc2nc(-c3cc(N)cc(Cl)c3C(F)(F)F)c(F)c3nc(OC[C@@]45CCCN4C[C@H](F)C5)nc(c23)N1C. The van der Waals surface area contributed by atoms with Crippen molar-refractivity contribution < 1.29 is 31.4 Å². The highest BCUT2D eigenvalue weighted by Gasteiger charge is 2.49. The van der Waals surface area contributed by atoms with Gasteiger partial charge in [0.15, 0.2) is 5.82 Å². The van der Waals surface area contributed by atoms with E-state index in [2.05, 4.69) is 19.9 Å². The number of nitrogens with zero attached hydrogens (tertiary/aromatic N) is 5. The highest BCUT2D eigenvalue weighted by Crippen LogP contribution is 2.46. The molecular formula is C28H30ClF5N6O2. The van der Waals surface area contributed by atoms with Crippen LogP contribution >= 0.6 is 11.6 Å². The summed E-state index contributed by atoms with van der Waals surface area (Å²) >= 11 is 5.97. The Labute approximate surface area is 244 Å². The van der Waals surface area contributed by atoms with Crippen LogP contribution in [-0.4, -0.2) is 70.5 Å². The summed E-state index contributed by atoms with van der Waals surface area (Å²) < 4.78 is 85.4. The molecule has 3 aromatic rings. The summed E-state index contributed by atoms with van der Waals surface area (Å²) in [6.45, 7) is 4.88. The molecule has 6 rings (SSSR count). The number of nitrogens with two attached hydrogens (primary N) is 1. The lowest BCUT2D eigenvalue weighted by Gasteiger charge is -2.33. The van der Waals surface area contributed by atoms with Gasteiger partial charge in [-0.15, -0.1) is 0 Å². The Hall–Kier alpha value is -3.19. The molecule has 0 amide bonds. The van der Waals surface area contributed by atoms with Gasteiger partial charge in [0.2, 0.25) is 5.88 Å². The summed E-state index contributed by atoms with van der Waals surface area (Å²) in [6.07, 6.45) is -3.89. The Morgan fingerprint density at radius 3 is 2.71 bits per heavy atom. The fraction of sp³-hybridized carbons (Fsp3) is 0.536. The van der Waals surface area contributed by atoms with Gasteiger partial charge in [-0.2, -0.15) is 23.1 Å². The van der Waals surface area contributed by atoms with E-state index in [9.17, 15) is 17.6 Å². The number of anilines is 2. The molecule has 1 aromatic carbocycles. The molecule has 0 bridgehead atoms. The zero-order valence-electron chi connectivity index (χ0n) is 23.2. The number of ether oxygens (including phenoxy) is 2. The number of halogens is 6. The molecule has 2 fully saturated rings. The number of nitrogen functional groups attached to an aromatic ring is 1. The lowest BCUT2D eigenvalue weighted by molar-refractivity contribution is -0.137. The first-order chi connectivity index (χ1) is 19.8. The maximum atomic E-state index is 16.5. The van der Waals surface area contributed by atoms with Gasteiger partial charge in [0.05, 0.1) is 22.2 Å². The maximum Gasteiger partial charge on any atom is 0.418 e. The van der Waals surface area contributed by atoms with Gasteiger partial charge in [-0.3, -0.25) is 4.90 Å². The van der Waals surface area contributed by atoms with Gasteiger partial charge in [0.1, 0.15) is 35.2 Å². The minimum absolute atomic E-state index is 0.0840. The van der Waals surface area contributed by atoms with Crippen molar-refractivity contribution in [2.75, 3.05) is 37.4 Å². The second-order valence-corrected chi connectivity index (χ2v) is 12.0. The van der Waals surface area contributed by atoms with E-state index in [4.69, 9.17) is 26.8 Å². The van der Waals surface area contributed by atoms with Crippen LogP contribution in [0.15, 0.2) is 12.1 Å². The quantitative estimate of drug-likeness (QED) is 0.282. The lowest BCUT2D eigenvalue weighted by atomic mass is 9.95. The van der Waals surface area contributed by atoms with E-state index in [1.54, 1.807) is 14.0 Å². The number of hydrogen-bond donors (Lipinski definition) is 1. The van der Waals surface area contributed by atoms with Crippen molar-refractivity contribution in [3.63, 3.8) is 0 Å². The van der Waals surface area contributed by atoms with Crippen LogP contribution < -0.4 is 20.1 Å². The molecule has 0 spiro atoms. The van der Waals surface area contributed by atoms with Crippen LogP contribution in [0.3, 0.4) is 0 Å². The molecule has 3 aliphatic heterocycles. The van der Waals surface area contributed by atoms with E-state index >= 15 is 4.39 Å². The van der Waals surface area contributed by atoms with Gasteiger partial charge in [0.25, 0.3) is 0 Å². The zero-order chi connectivity index (χ0) is 30.1. The van der Waals surface area contributed by atoms with Crippen molar-refractivity contribution in [3.8, 4) is 23.1 Å². The Balaban J connectivity index is 1.56. The zero-order valence-corrected chi connectivity index (χ0v) is 24.0. The number of fused-ring (bicyclic) bond motifs is 1. The first-order valence-corrected chi connectivity index (χ1v) is 14.1. The lowest BCUT2D eigenvalue weighted by Crippen LogP contribution is -2.43. The molecule has 14 heteroatoms. The molecule has 5 heterocycles. The minimum Gasteiger partial charge on any atom is -0.474 e. The second kappa shape index (κ2) is 10.2. The summed E-state index contributed by atoms with van der Waals surface area (Å²) in [6, 6.07) is 1.62. The molecule has 42 heavy (non-hydrogen) atoms. The standard InChI is InChI=1S/C28H30ClF5N6O2/c1-13-7-14(2)42-25-19-23(21(31)22(36-25)17-8-16(35)9-18(29)20(17)28(32,33)34)37-26(38-24(19)39(13)3)41-12-27-5-4-6-40(27)11-15(30)10-27/h8-9,13-15H,4-7,10-12,35H2,1-3H3/t13-,14+,15-,27+/m1/s1. The molecule has 2 saturated heterocycles. The third-order valence-corrected chi connectivity index (χ3v) is 8.87. The summed E-state index contributed by atoms with van der Waals surface area (Å²) in [7, 11) is 1.77. The van der Waals surface area contributed by atoms with Gasteiger partial charge >= 0.3 is 12.2 Å². The number of rotatable bonds is 4. The number of alkyl halides is 4. The van der Waals surface area contributed by atoms with Crippen molar-refractivity contribution in [1.82, 2.24) is 19.9 Å². The first-order valence-electron chi connectivity index (χ1n) is 13.8. The smallest absolute Gasteiger partial charge is 0.418 e. The highest BCUT2D eigenvalue weighted by molar-refractivity contribution is 6.32. The summed E-state index contributed by atoms with van der Waals surface area (Å²) in [5.74, 6) is -1.02. The molecule has 226 valence electrons. The molecule has 0 radical (unpaired) electrons. The van der Waals surface area contributed by atoms with Crippen LogP contribution in [0.25, 0.3) is 22.2 Å². The predicted octanol–water partition coefficient (Wildman–Crippen LogP) is 6.04. The van der Waals surface area contributed by atoms with Crippen LogP contribution in [0.4, 0.5) is 33.5 Å². The van der Waals surface area contributed by atoms with Crippen LogP contribution in [0, 0.1) is 5.82 Å². The largest absolute Gasteiger partial charge is 0.474 e. The molecule has 3 aliphatic rings. The summed E-state index contributed by atoms with van der Waals surface area (Å²) in [5, 5.41) is -0.599. The Morgan fingerprint density at radius 2 is 1.98 bits per heavy atom. The normalized spacial score (nSPS) is 26.2. The molecule has 0 saturated carbocycles. The highest BCUT2D eigenvalue weighted by atomic mass is 35.5. The van der Waals surface area contributed by atoms with E-state index in [1.165, 1.54) is 0 Å². The average molecular weight is 613 g/mol. The summed E-state index contributed by atoms with van der Waals surface area (Å²) in [4.78, 5) is 17.0. The van der Waals surface area contributed by atoms with E-state index in [1.807, 2.05) is 11.8 Å². The van der Waals surface area contributed by atoms with E-state index in [-0.39, 0.29) is 46.9 Å². The van der Waals surface area contributed by atoms with Crippen molar-refractivity contribution in [2.45, 2.75) is 69.6 Å². The Morgan fingerprint density at radius 1 is 1.21 bits per heavy atom. The molecule has 4 atom stereocenters. The van der Waals surface area contributed by atoms with Crippen molar-refractivity contribution in [1.29, 1.82) is 0 Å². The van der Waals surface area contributed by atoms with Gasteiger partial charge in [-0.05, 0) is 45.4 Å². The van der Waals surface area contributed by atoms with E-state index < -0.39 is 51.7 Å². The predicted molar refractivity (Wildman–Crippen MR) is 148 cm³/mol. The van der Waals surface area contributed by atoms with Gasteiger partial charge in [0, 0.05) is 43.7 Å². The monoisotopic (exact) mass is 612 g/mol. The fourth-order valence-electron chi connectivity index (χ4n) is 6.52. The molecule has 0 aliphatic carbocycles. The van der Waals surface area contributed by atoms with Crippen LogP contribution in [0.2, 0.25) is 5.02 Å². The number of hydrogen-bond acceptors (Lipinski definition) is 8. The molecular weight excluding hydrogens is 583 g/mol. The third-order valence-electron chi connectivity index (χ3n) is 8.58. The van der Waals surface area contributed by atoms with Gasteiger partial charge in [-0.1, -0.05) is 11.6 Å². The number of benzene rings is 1. The fourth-order valence-corrected chi connectivity index (χ4v) is 6.86. The minimum atomic E-state index is -4.94. The number of aromatic nitrogens is 3. The number of pyridine rings is 1. The Kier molecular flexibility index (Phi) is 7.03. The summed E-state index contributed by atoms with van der Waals surface area (Å²) in [5.41, 5.74) is 2.28. The average Bonchev–Trinajstić information content (AvgIpc) is 3.41. The molecule has 0 unspecified atom stereocenters. The third kappa shape index (κ3) is 4.83. The molecule has 2 aromatic heterocycles. The first kappa shape index (κ1) is 28.9. The van der Waals surface area contributed by atoms with Crippen LogP contribution in [0.5, 0.6) is 11.9 Å². The van der Waals surface area contributed by atoms with E-state index in [0.717, 1.165) is 31.5 Å². The Bertz CT molecular complexity index is 1560. The van der Waals surface area contributed by atoms with Crippen LogP contribution in [-0.2, 0) is 6.18 Å². The van der Waals surface area contributed by atoms with Crippen LogP contribution in [0.1, 0.15) is 45.1 Å². The van der Waals surface area contributed by atoms with Crippen molar-refractivity contribution in [3.05, 3.63) is 28.5 Å². The maximum absolute atomic E-state index is 16.5.